The van der Waals surface area contributed by atoms with E-state index < -0.39 is 70.9 Å². The van der Waals surface area contributed by atoms with Crippen molar-refractivity contribution in [1.29, 1.82) is 5.26 Å². The number of nitrogens with zero attached hydrogens (tertiary/aromatic N) is 1. The summed E-state index contributed by atoms with van der Waals surface area (Å²) >= 11 is 12.4. The van der Waals surface area contributed by atoms with Crippen LogP contribution in [0.3, 0.4) is 0 Å². The highest BCUT2D eigenvalue weighted by Gasteiger charge is 2.67. The van der Waals surface area contributed by atoms with Crippen molar-refractivity contribution >= 4 is 46.9 Å². The molecule has 5 N–H and O–H groups in total. The SMILES string of the molecule is COc1cc(C(=O)OC(C)OC(=O)NCC(O)CO)ccc1NC(=O)[C@@H]1NC[C@](C#N)(c2ccc(Cl)cc2F)[C@@]1(CC(C)(C)C)c1cccc(Cl)c1F. The van der Waals surface area contributed by atoms with E-state index in [1.807, 2.05) is 20.8 Å². The molecule has 1 aliphatic heterocycles. The summed E-state index contributed by atoms with van der Waals surface area (Å²) in [5, 5.41) is 37.2. The number of methoxy groups -OCH3 is 1. The molecular weight excluding hydrogens is 737 g/mol. The van der Waals surface area contributed by atoms with E-state index in [0.717, 1.165) is 6.07 Å². The number of carbonyl (C=O) groups excluding carboxylic acids is 3. The molecular formula is C37H40Cl2F2N4O8. The van der Waals surface area contributed by atoms with E-state index in [9.17, 15) is 24.8 Å². The molecule has 1 saturated heterocycles. The van der Waals surface area contributed by atoms with Gasteiger partial charge in [-0.15, -0.1) is 0 Å². The van der Waals surface area contributed by atoms with Gasteiger partial charge in [-0.1, -0.05) is 62.2 Å². The van der Waals surface area contributed by atoms with E-state index in [1.54, 1.807) is 0 Å². The van der Waals surface area contributed by atoms with Gasteiger partial charge < -0.3 is 40.4 Å². The van der Waals surface area contributed by atoms with Crippen LogP contribution < -0.4 is 20.7 Å². The highest BCUT2D eigenvalue weighted by atomic mass is 35.5. The fourth-order valence-electron chi connectivity index (χ4n) is 6.77. The van der Waals surface area contributed by atoms with Gasteiger partial charge in [0.1, 0.15) is 22.8 Å². The Bertz CT molecular complexity index is 1910. The second kappa shape index (κ2) is 16.7. The number of anilines is 1. The van der Waals surface area contributed by atoms with Crippen molar-refractivity contribution < 1.29 is 47.6 Å². The average Bonchev–Trinajstić information content (AvgIpc) is 3.41. The van der Waals surface area contributed by atoms with E-state index in [-0.39, 0.29) is 57.7 Å². The molecule has 0 aromatic heterocycles. The second-order valence-corrected chi connectivity index (χ2v) is 14.6. The van der Waals surface area contributed by atoms with E-state index in [4.69, 9.17) is 42.5 Å². The topological polar surface area (TPSA) is 179 Å². The number of hydrogen-bond acceptors (Lipinski definition) is 10. The van der Waals surface area contributed by atoms with Gasteiger partial charge >= 0.3 is 12.1 Å². The molecule has 0 radical (unpaired) electrons. The van der Waals surface area contributed by atoms with Crippen LogP contribution in [-0.4, -0.2) is 73.4 Å². The molecule has 16 heteroatoms. The molecule has 1 heterocycles. The zero-order valence-electron chi connectivity index (χ0n) is 29.6. The van der Waals surface area contributed by atoms with Gasteiger partial charge in [0.05, 0.1) is 48.2 Å². The number of nitrogens with one attached hydrogen (secondary N) is 3. The maximum absolute atomic E-state index is 16.4. The van der Waals surface area contributed by atoms with Crippen LogP contribution in [0.15, 0.2) is 54.6 Å². The lowest BCUT2D eigenvalue weighted by molar-refractivity contribution is -0.119. The third kappa shape index (κ3) is 8.66. The molecule has 0 bridgehead atoms. The van der Waals surface area contributed by atoms with Crippen LogP contribution in [0.25, 0.3) is 0 Å². The number of aliphatic hydroxyl groups is 2. The number of carbonyl (C=O) groups is 3. The third-order valence-corrected chi connectivity index (χ3v) is 9.37. The van der Waals surface area contributed by atoms with Gasteiger partial charge in [0.15, 0.2) is 0 Å². The number of alkyl carbamates (subject to hydrolysis) is 1. The molecule has 0 aliphatic carbocycles. The number of halogens is 4. The van der Waals surface area contributed by atoms with Gasteiger partial charge in [-0.3, -0.25) is 4.79 Å². The van der Waals surface area contributed by atoms with Crippen LogP contribution in [0.5, 0.6) is 5.75 Å². The highest BCUT2D eigenvalue weighted by molar-refractivity contribution is 6.31. The molecule has 0 spiro atoms. The molecule has 5 atom stereocenters. The van der Waals surface area contributed by atoms with Crippen molar-refractivity contribution in [2.75, 3.05) is 32.1 Å². The van der Waals surface area contributed by atoms with Gasteiger partial charge in [-0.25, -0.2) is 18.4 Å². The van der Waals surface area contributed by atoms with Gasteiger partial charge in [0, 0.05) is 36.0 Å². The number of hydrogen-bond donors (Lipinski definition) is 5. The maximum atomic E-state index is 16.4. The highest BCUT2D eigenvalue weighted by Crippen LogP contribution is 2.57. The largest absolute Gasteiger partial charge is 0.495 e. The Balaban J connectivity index is 1.73. The zero-order valence-corrected chi connectivity index (χ0v) is 31.1. The van der Waals surface area contributed by atoms with Crippen molar-refractivity contribution in [2.24, 2.45) is 5.41 Å². The van der Waals surface area contributed by atoms with Gasteiger partial charge in [0.2, 0.25) is 12.2 Å². The molecule has 1 fully saturated rings. The Hall–Kier alpha value is -4.52. The molecule has 4 rings (SSSR count). The maximum Gasteiger partial charge on any atom is 0.410 e. The fourth-order valence-corrected chi connectivity index (χ4v) is 7.10. The summed E-state index contributed by atoms with van der Waals surface area (Å²) in [7, 11) is 1.29. The standard InChI is InChI=1S/C37H40Cl2F2N4O8/c1-20(53-34(50)43-15-23(47)16-46)52-33(49)21-9-12-28(29(13-21)51-5)45-32(48)31-37(17-35(2,3)4,25-7-6-8-26(39)30(25)41)36(18-42,19-44-31)24-11-10-22(38)14-27(24)40/h6-14,20,23,31,44,46-47H,15-17,19H2,1-5H3,(H,43,50)(H,45,48)/t20?,23?,31-,36+,37-/m0/s1. The Morgan fingerprint density at radius 3 is 2.43 bits per heavy atom. The fraction of sp³-hybridized carbons (Fsp3) is 0.405. The lowest BCUT2D eigenvalue weighted by atomic mass is 9.52. The monoisotopic (exact) mass is 776 g/mol. The first-order valence-electron chi connectivity index (χ1n) is 16.4. The Labute approximate surface area is 315 Å². The first-order valence-corrected chi connectivity index (χ1v) is 17.2. The smallest absolute Gasteiger partial charge is 0.410 e. The Morgan fingerprint density at radius 1 is 1.09 bits per heavy atom. The number of esters is 1. The summed E-state index contributed by atoms with van der Waals surface area (Å²) < 4.78 is 47.9. The number of rotatable bonds is 12. The van der Waals surface area contributed by atoms with Crippen molar-refractivity contribution in [1.82, 2.24) is 10.6 Å². The quantitative estimate of drug-likeness (QED) is 0.115. The molecule has 1 aliphatic rings. The molecule has 0 saturated carbocycles. The lowest BCUT2D eigenvalue weighted by Crippen LogP contribution is -2.58. The minimum Gasteiger partial charge on any atom is -0.495 e. The minimum atomic E-state index is -1.87. The van der Waals surface area contributed by atoms with Gasteiger partial charge in [0.25, 0.3) is 0 Å². The van der Waals surface area contributed by atoms with E-state index in [0.29, 0.717) is 0 Å². The van der Waals surface area contributed by atoms with Gasteiger partial charge in [-0.2, -0.15) is 5.26 Å². The van der Waals surface area contributed by atoms with E-state index in [2.05, 4.69) is 22.0 Å². The van der Waals surface area contributed by atoms with Crippen LogP contribution in [0.1, 0.15) is 55.6 Å². The number of amides is 2. The van der Waals surface area contributed by atoms with Crippen molar-refractivity contribution in [3.05, 3.63) is 93.0 Å². The summed E-state index contributed by atoms with van der Waals surface area (Å²) in [5.74, 6) is -3.31. The molecule has 3 aromatic carbocycles. The zero-order chi connectivity index (χ0) is 39.3. The van der Waals surface area contributed by atoms with Crippen molar-refractivity contribution in [3.8, 4) is 11.8 Å². The first-order chi connectivity index (χ1) is 24.9. The van der Waals surface area contributed by atoms with E-state index >= 15 is 8.78 Å². The van der Waals surface area contributed by atoms with Crippen LogP contribution >= 0.6 is 23.2 Å². The van der Waals surface area contributed by atoms with Crippen LogP contribution in [-0.2, 0) is 25.1 Å². The molecule has 3 aromatic rings. The lowest BCUT2D eigenvalue weighted by Gasteiger charge is -2.47. The summed E-state index contributed by atoms with van der Waals surface area (Å²) in [6, 6.07) is 13.0. The summed E-state index contributed by atoms with van der Waals surface area (Å²) in [4.78, 5) is 39.3. The van der Waals surface area contributed by atoms with Crippen molar-refractivity contribution in [3.63, 3.8) is 0 Å². The Morgan fingerprint density at radius 2 is 1.81 bits per heavy atom. The van der Waals surface area contributed by atoms with Crippen LogP contribution in [0.4, 0.5) is 19.3 Å². The summed E-state index contributed by atoms with van der Waals surface area (Å²) in [6.07, 6.45) is -3.57. The predicted molar refractivity (Wildman–Crippen MR) is 192 cm³/mol. The van der Waals surface area contributed by atoms with Crippen LogP contribution in [0, 0.1) is 28.4 Å². The average molecular weight is 778 g/mol. The van der Waals surface area contributed by atoms with Gasteiger partial charge in [-0.05, 0) is 53.8 Å². The minimum absolute atomic E-state index is 0.000182. The molecule has 53 heavy (non-hydrogen) atoms. The summed E-state index contributed by atoms with van der Waals surface area (Å²) in [6.45, 7) is 5.71. The molecule has 12 nitrogen and oxygen atoms in total. The predicted octanol–water partition coefficient (Wildman–Crippen LogP) is 5.61. The number of benzene rings is 3. The van der Waals surface area contributed by atoms with Crippen LogP contribution in [0.2, 0.25) is 10.0 Å². The second-order valence-electron chi connectivity index (χ2n) is 13.8. The molecule has 2 unspecified atom stereocenters. The number of nitriles is 1. The number of ether oxygens (including phenoxy) is 3. The normalized spacial score (nSPS) is 20.8. The third-order valence-electron chi connectivity index (χ3n) is 8.84. The molecule has 2 amide bonds. The first kappa shape index (κ1) is 41.2. The summed E-state index contributed by atoms with van der Waals surface area (Å²) in [5.41, 5.74) is -4.43. The molecule has 284 valence electrons. The van der Waals surface area contributed by atoms with E-state index in [1.165, 1.54) is 62.6 Å². The Kier molecular flexibility index (Phi) is 13.0. The van der Waals surface area contributed by atoms with Crippen molar-refractivity contribution in [2.45, 2.75) is 63.4 Å². The number of aliphatic hydroxyl groups excluding tert-OH is 2.